The first-order valence-corrected chi connectivity index (χ1v) is 10.7. The van der Waals surface area contributed by atoms with Crippen LogP contribution in [0.4, 0.5) is 0 Å². The zero-order valence-electron chi connectivity index (χ0n) is 18.0. The Morgan fingerprint density at radius 3 is 2.03 bits per heavy atom. The first kappa shape index (κ1) is 20.2. The molecule has 1 atom stereocenters. The molecule has 0 fully saturated rings. The number of H-pyrrole nitrogens is 1. The molecule has 1 unspecified atom stereocenters. The number of nitrogens with two attached hydrogens (primary N) is 1. The van der Waals surface area contributed by atoms with Gasteiger partial charge in [0.25, 0.3) is 0 Å². The molecular formula is C27H30N2O. The van der Waals surface area contributed by atoms with Gasteiger partial charge in [0.2, 0.25) is 0 Å². The van der Waals surface area contributed by atoms with Crippen LogP contribution >= 0.6 is 0 Å². The average molecular weight is 399 g/mol. The molecule has 0 aliphatic rings. The smallest absolute Gasteiger partial charge is 0.118 e. The van der Waals surface area contributed by atoms with Crippen LogP contribution < -0.4 is 10.5 Å². The van der Waals surface area contributed by atoms with Gasteiger partial charge in [-0.05, 0) is 59.3 Å². The number of rotatable bonds is 7. The summed E-state index contributed by atoms with van der Waals surface area (Å²) in [4.78, 5) is 3.73. The van der Waals surface area contributed by atoms with Crippen LogP contribution in [-0.4, -0.2) is 18.6 Å². The van der Waals surface area contributed by atoms with E-state index in [1.165, 1.54) is 33.3 Å². The van der Waals surface area contributed by atoms with Gasteiger partial charge in [0.05, 0.1) is 7.11 Å². The summed E-state index contributed by atoms with van der Waals surface area (Å²) in [7, 11) is 1.70. The van der Waals surface area contributed by atoms with E-state index in [2.05, 4.69) is 79.5 Å². The number of nitrogens with one attached hydrogen (secondary N) is 1. The van der Waals surface area contributed by atoms with E-state index >= 15 is 0 Å². The number of aromatic amines is 1. The van der Waals surface area contributed by atoms with Gasteiger partial charge in [-0.15, -0.1) is 0 Å². The fourth-order valence-electron chi connectivity index (χ4n) is 4.28. The average Bonchev–Trinajstić information content (AvgIpc) is 3.13. The lowest BCUT2D eigenvalue weighted by molar-refractivity contribution is 0.414. The Morgan fingerprint density at radius 1 is 0.833 bits per heavy atom. The minimum atomic E-state index is 0.103. The first-order valence-electron chi connectivity index (χ1n) is 10.7. The number of hydrogen-bond donors (Lipinski definition) is 2. The van der Waals surface area contributed by atoms with Crippen LogP contribution in [0.2, 0.25) is 0 Å². The molecule has 1 heterocycles. The Bertz CT molecular complexity index is 1110. The van der Waals surface area contributed by atoms with Crippen molar-refractivity contribution in [2.75, 3.05) is 13.7 Å². The van der Waals surface area contributed by atoms with Crippen molar-refractivity contribution in [2.24, 2.45) is 5.73 Å². The van der Waals surface area contributed by atoms with Crippen LogP contribution in [-0.2, 0) is 6.42 Å². The minimum absolute atomic E-state index is 0.103. The second-order valence-electron chi connectivity index (χ2n) is 8.13. The molecule has 0 bridgehead atoms. The van der Waals surface area contributed by atoms with Gasteiger partial charge in [0.15, 0.2) is 0 Å². The predicted molar refractivity (Wildman–Crippen MR) is 126 cm³/mol. The highest BCUT2D eigenvalue weighted by molar-refractivity contribution is 5.85. The van der Waals surface area contributed by atoms with Crippen LogP contribution in [0.5, 0.6) is 5.75 Å². The molecule has 4 rings (SSSR count). The summed E-state index contributed by atoms with van der Waals surface area (Å²) in [5.74, 6) is 1.48. The van der Waals surface area contributed by atoms with Crippen molar-refractivity contribution < 1.29 is 4.74 Å². The fourth-order valence-corrected chi connectivity index (χ4v) is 4.28. The highest BCUT2D eigenvalue weighted by Crippen LogP contribution is 2.37. The molecule has 0 radical (unpaired) electrons. The summed E-state index contributed by atoms with van der Waals surface area (Å²) in [6.45, 7) is 5.08. The number of hydrogen-bond acceptors (Lipinski definition) is 2. The predicted octanol–water partition coefficient (Wildman–Crippen LogP) is 5.98. The van der Waals surface area contributed by atoms with E-state index in [0.717, 1.165) is 17.7 Å². The van der Waals surface area contributed by atoms with E-state index in [9.17, 15) is 0 Å². The standard InChI is InChI=1S/C27H30N2O/c1-18(2)19-8-10-20(11-9-19)26(21-12-14-22(30-3)15-13-21)27-24(16-17-28)23-6-4-5-7-25(23)29-27/h4-15,18,26,29H,16-17,28H2,1-3H3. The van der Waals surface area contributed by atoms with Crippen LogP contribution in [0.3, 0.4) is 0 Å². The number of methoxy groups -OCH3 is 1. The van der Waals surface area contributed by atoms with Crippen molar-refractivity contribution in [1.82, 2.24) is 4.98 Å². The molecule has 30 heavy (non-hydrogen) atoms. The maximum Gasteiger partial charge on any atom is 0.118 e. The van der Waals surface area contributed by atoms with Gasteiger partial charge in [-0.3, -0.25) is 0 Å². The molecule has 4 aromatic rings. The summed E-state index contributed by atoms with van der Waals surface area (Å²) in [5, 5.41) is 1.26. The SMILES string of the molecule is COc1ccc(C(c2ccc(C(C)C)cc2)c2[nH]c3ccccc3c2CCN)cc1. The van der Waals surface area contributed by atoms with Crippen LogP contribution in [0.25, 0.3) is 10.9 Å². The Labute approximate surface area is 178 Å². The van der Waals surface area contributed by atoms with Gasteiger partial charge in [-0.2, -0.15) is 0 Å². The second-order valence-corrected chi connectivity index (χ2v) is 8.13. The molecule has 0 saturated heterocycles. The third-order valence-electron chi connectivity index (χ3n) is 5.92. The van der Waals surface area contributed by atoms with E-state index in [1.54, 1.807) is 7.11 Å². The Morgan fingerprint density at radius 2 is 1.43 bits per heavy atom. The van der Waals surface area contributed by atoms with Crippen molar-refractivity contribution in [3.8, 4) is 5.75 Å². The van der Waals surface area contributed by atoms with Crippen molar-refractivity contribution >= 4 is 10.9 Å². The highest BCUT2D eigenvalue weighted by atomic mass is 16.5. The summed E-state index contributed by atoms with van der Waals surface area (Å²) in [6, 6.07) is 25.9. The Kier molecular flexibility index (Phi) is 5.91. The summed E-state index contributed by atoms with van der Waals surface area (Å²) >= 11 is 0. The van der Waals surface area contributed by atoms with E-state index in [-0.39, 0.29) is 5.92 Å². The van der Waals surface area contributed by atoms with Crippen molar-refractivity contribution in [3.05, 3.63) is 101 Å². The quantitative estimate of drug-likeness (QED) is 0.402. The summed E-state index contributed by atoms with van der Waals surface area (Å²) < 4.78 is 5.39. The third-order valence-corrected chi connectivity index (χ3v) is 5.92. The molecular weight excluding hydrogens is 368 g/mol. The molecule has 154 valence electrons. The maximum atomic E-state index is 6.02. The highest BCUT2D eigenvalue weighted by Gasteiger charge is 2.23. The van der Waals surface area contributed by atoms with Gasteiger partial charge in [-0.25, -0.2) is 0 Å². The largest absolute Gasteiger partial charge is 0.497 e. The van der Waals surface area contributed by atoms with Crippen LogP contribution in [0, 0.1) is 0 Å². The van der Waals surface area contributed by atoms with Gasteiger partial charge < -0.3 is 15.5 Å². The summed E-state index contributed by atoms with van der Waals surface area (Å²) in [5.41, 5.74) is 13.6. The third kappa shape index (κ3) is 3.86. The number of fused-ring (bicyclic) bond motifs is 1. The molecule has 3 aromatic carbocycles. The van der Waals surface area contributed by atoms with Crippen LogP contribution in [0.15, 0.2) is 72.8 Å². The van der Waals surface area contributed by atoms with Gasteiger partial charge in [0, 0.05) is 22.5 Å². The molecule has 3 nitrogen and oxygen atoms in total. The molecule has 0 aliphatic heterocycles. The monoisotopic (exact) mass is 398 g/mol. The fraction of sp³-hybridized carbons (Fsp3) is 0.259. The molecule has 1 aromatic heterocycles. The zero-order valence-corrected chi connectivity index (χ0v) is 18.0. The number of aromatic nitrogens is 1. The number of ether oxygens (including phenoxy) is 1. The Hall–Kier alpha value is -3.04. The van der Waals surface area contributed by atoms with E-state index in [1.807, 2.05) is 12.1 Å². The van der Waals surface area contributed by atoms with Crippen molar-refractivity contribution in [2.45, 2.75) is 32.1 Å². The lowest BCUT2D eigenvalue weighted by atomic mass is 9.85. The Balaban J connectivity index is 1.91. The van der Waals surface area contributed by atoms with Crippen LogP contribution in [0.1, 0.15) is 53.6 Å². The molecule has 3 heteroatoms. The molecule has 0 spiro atoms. The van der Waals surface area contributed by atoms with Gasteiger partial charge in [-0.1, -0.05) is 68.4 Å². The maximum absolute atomic E-state index is 6.02. The number of para-hydroxylation sites is 1. The van der Waals surface area contributed by atoms with Crippen molar-refractivity contribution in [3.63, 3.8) is 0 Å². The number of benzene rings is 3. The molecule has 3 N–H and O–H groups in total. The second kappa shape index (κ2) is 8.76. The molecule has 0 amide bonds. The molecule has 0 saturated carbocycles. The summed E-state index contributed by atoms with van der Waals surface area (Å²) in [6.07, 6.45) is 0.843. The van der Waals surface area contributed by atoms with E-state index in [0.29, 0.717) is 12.5 Å². The lowest BCUT2D eigenvalue weighted by Gasteiger charge is -2.20. The lowest BCUT2D eigenvalue weighted by Crippen LogP contribution is -2.10. The van der Waals surface area contributed by atoms with E-state index < -0.39 is 0 Å². The first-order chi connectivity index (χ1) is 14.6. The van der Waals surface area contributed by atoms with Crippen molar-refractivity contribution in [1.29, 1.82) is 0 Å². The zero-order chi connectivity index (χ0) is 21.1. The van der Waals surface area contributed by atoms with E-state index in [4.69, 9.17) is 10.5 Å². The normalized spacial score (nSPS) is 12.4. The molecule has 0 aliphatic carbocycles. The minimum Gasteiger partial charge on any atom is -0.497 e. The topological polar surface area (TPSA) is 51.0 Å². The van der Waals surface area contributed by atoms with Gasteiger partial charge in [0.1, 0.15) is 5.75 Å². The van der Waals surface area contributed by atoms with Gasteiger partial charge >= 0.3 is 0 Å².